The van der Waals surface area contributed by atoms with E-state index >= 15 is 0 Å². The molecular weight excluding hydrogens is 374 g/mol. The Balaban J connectivity index is 1.51. The monoisotopic (exact) mass is 395 g/mol. The molecule has 0 atom stereocenters. The third-order valence-electron chi connectivity index (χ3n) is 3.96. The van der Waals surface area contributed by atoms with Gasteiger partial charge in [-0.2, -0.15) is 0 Å². The van der Waals surface area contributed by atoms with E-state index in [-0.39, 0.29) is 18.3 Å². The fourth-order valence-corrected chi connectivity index (χ4v) is 3.25. The summed E-state index contributed by atoms with van der Waals surface area (Å²) >= 11 is 1.38. The number of carbonyl (C=O) groups excluding carboxylic acids is 2. The molecule has 144 valence electrons. The Morgan fingerprint density at radius 3 is 2.50 bits per heavy atom. The number of carbonyl (C=O) groups is 2. The Labute approximate surface area is 167 Å². The van der Waals surface area contributed by atoms with Gasteiger partial charge in [-0.15, -0.1) is 11.3 Å². The van der Waals surface area contributed by atoms with Crippen LogP contribution in [0.2, 0.25) is 0 Å². The fourth-order valence-electron chi connectivity index (χ4n) is 2.63. The molecule has 1 heterocycles. The number of rotatable bonds is 8. The van der Waals surface area contributed by atoms with Gasteiger partial charge in [-0.1, -0.05) is 24.3 Å². The molecule has 3 rings (SSSR count). The molecule has 1 N–H and O–H groups in total. The van der Waals surface area contributed by atoms with Crippen molar-refractivity contribution in [2.45, 2.75) is 19.8 Å². The third kappa shape index (κ3) is 5.44. The molecule has 1 amide bonds. The van der Waals surface area contributed by atoms with Crippen molar-refractivity contribution in [2.24, 2.45) is 0 Å². The van der Waals surface area contributed by atoms with Crippen molar-refractivity contribution in [1.29, 1.82) is 0 Å². The lowest BCUT2D eigenvalue weighted by molar-refractivity contribution is -0.134. The van der Waals surface area contributed by atoms with Crippen LogP contribution in [0, 0.1) is 0 Å². The van der Waals surface area contributed by atoms with Crippen molar-refractivity contribution in [3.63, 3.8) is 0 Å². The van der Waals surface area contributed by atoms with Crippen LogP contribution in [0.1, 0.15) is 28.6 Å². The molecule has 0 saturated carbocycles. The lowest BCUT2D eigenvalue weighted by Gasteiger charge is -2.10. The van der Waals surface area contributed by atoms with Crippen molar-refractivity contribution < 1.29 is 19.1 Å². The molecule has 0 aliphatic carbocycles. The van der Waals surface area contributed by atoms with Crippen molar-refractivity contribution >= 4 is 28.9 Å². The van der Waals surface area contributed by atoms with E-state index < -0.39 is 0 Å². The van der Waals surface area contributed by atoms with Gasteiger partial charge >= 0.3 is 5.97 Å². The van der Waals surface area contributed by atoms with E-state index in [2.05, 4.69) is 5.32 Å². The van der Waals surface area contributed by atoms with E-state index in [9.17, 15) is 9.59 Å². The van der Waals surface area contributed by atoms with Gasteiger partial charge in [0.05, 0.1) is 17.9 Å². The number of ether oxygens (including phenoxy) is 2. The van der Waals surface area contributed by atoms with Gasteiger partial charge < -0.3 is 14.8 Å². The van der Waals surface area contributed by atoms with Gasteiger partial charge in [-0.25, -0.2) is 0 Å². The second kappa shape index (κ2) is 9.71. The van der Waals surface area contributed by atoms with E-state index in [1.165, 1.54) is 11.3 Å². The molecule has 0 saturated heterocycles. The molecule has 3 aromatic rings. The molecule has 28 heavy (non-hydrogen) atoms. The number of amides is 1. The predicted octanol–water partition coefficient (Wildman–Crippen LogP) is 4.94. The van der Waals surface area contributed by atoms with Gasteiger partial charge in [-0.05, 0) is 60.7 Å². The molecule has 0 aliphatic rings. The highest BCUT2D eigenvalue weighted by Gasteiger charge is 2.10. The number of hydrogen-bond donors (Lipinski definition) is 1. The molecule has 0 fully saturated rings. The van der Waals surface area contributed by atoms with E-state index in [1.807, 2.05) is 42.6 Å². The number of nitrogens with one attached hydrogen (secondary N) is 1. The summed E-state index contributed by atoms with van der Waals surface area (Å²) in [6.07, 6.45) is 0.797. The topological polar surface area (TPSA) is 64.6 Å². The van der Waals surface area contributed by atoms with Crippen LogP contribution in [-0.2, 0) is 11.2 Å². The molecule has 2 aromatic carbocycles. The lowest BCUT2D eigenvalue weighted by atomic mass is 10.1. The molecule has 5 nitrogen and oxygen atoms in total. The highest BCUT2D eigenvalue weighted by molar-refractivity contribution is 7.12. The Morgan fingerprint density at radius 1 is 1.00 bits per heavy atom. The Kier molecular flexibility index (Phi) is 6.81. The summed E-state index contributed by atoms with van der Waals surface area (Å²) in [5, 5.41) is 4.66. The van der Waals surface area contributed by atoms with Crippen molar-refractivity contribution in [3.8, 4) is 11.5 Å². The smallest absolute Gasteiger partial charge is 0.311 e. The zero-order valence-corrected chi connectivity index (χ0v) is 16.3. The Hall–Kier alpha value is -3.12. The number of thiophene rings is 1. The van der Waals surface area contributed by atoms with Crippen molar-refractivity contribution in [1.82, 2.24) is 0 Å². The highest BCUT2D eigenvalue weighted by atomic mass is 32.1. The highest BCUT2D eigenvalue weighted by Crippen LogP contribution is 2.21. The largest absolute Gasteiger partial charge is 0.494 e. The zero-order valence-electron chi connectivity index (χ0n) is 15.5. The van der Waals surface area contributed by atoms with Gasteiger partial charge in [0.2, 0.25) is 0 Å². The second-order valence-corrected chi connectivity index (χ2v) is 6.92. The van der Waals surface area contributed by atoms with Gasteiger partial charge in [0.15, 0.2) is 0 Å². The number of para-hydroxylation sites is 1. The van der Waals surface area contributed by atoms with Crippen LogP contribution in [0.4, 0.5) is 5.69 Å². The predicted molar refractivity (Wildman–Crippen MR) is 110 cm³/mol. The van der Waals surface area contributed by atoms with E-state index in [0.29, 0.717) is 29.3 Å². The molecule has 0 bridgehead atoms. The van der Waals surface area contributed by atoms with Crippen LogP contribution in [-0.4, -0.2) is 18.5 Å². The maximum Gasteiger partial charge on any atom is 0.311 e. The van der Waals surface area contributed by atoms with Gasteiger partial charge in [0.25, 0.3) is 5.91 Å². The average Bonchev–Trinajstić information content (AvgIpc) is 3.24. The maximum atomic E-state index is 12.1. The molecule has 0 radical (unpaired) electrons. The standard InChI is InChI=1S/C22H21NO4S/c1-2-26-19-7-4-3-6-16(19)9-14-21(24)27-18-12-10-17(11-13-18)23-22(25)20-8-5-15-28-20/h3-8,10-13,15H,2,9,14H2,1H3,(H,23,25). The normalized spacial score (nSPS) is 10.3. The fraction of sp³-hybridized carbons (Fsp3) is 0.182. The summed E-state index contributed by atoms with van der Waals surface area (Å²) in [4.78, 5) is 24.8. The number of anilines is 1. The number of hydrogen-bond acceptors (Lipinski definition) is 5. The van der Waals surface area contributed by atoms with Crippen LogP contribution < -0.4 is 14.8 Å². The number of benzene rings is 2. The van der Waals surface area contributed by atoms with Gasteiger partial charge in [0, 0.05) is 5.69 Å². The van der Waals surface area contributed by atoms with Crippen LogP contribution in [0.25, 0.3) is 0 Å². The van der Waals surface area contributed by atoms with E-state index in [4.69, 9.17) is 9.47 Å². The minimum Gasteiger partial charge on any atom is -0.494 e. The number of aryl methyl sites for hydroxylation is 1. The average molecular weight is 395 g/mol. The van der Waals surface area contributed by atoms with Crippen LogP contribution in [0.15, 0.2) is 66.0 Å². The molecule has 1 aromatic heterocycles. The summed E-state index contributed by atoms with van der Waals surface area (Å²) < 4.78 is 11.0. The summed E-state index contributed by atoms with van der Waals surface area (Å²) in [6, 6.07) is 18.0. The Morgan fingerprint density at radius 2 is 1.79 bits per heavy atom. The molecule has 0 aliphatic heterocycles. The molecule has 0 unspecified atom stereocenters. The number of esters is 1. The first-order valence-electron chi connectivity index (χ1n) is 9.02. The minimum atomic E-state index is -0.318. The maximum absolute atomic E-state index is 12.1. The van der Waals surface area contributed by atoms with Crippen LogP contribution in [0.5, 0.6) is 11.5 Å². The van der Waals surface area contributed by atoms with Crippen LogP contribution in [0.3, 0.4) is 0 Å². The van der Waals surface area contributed by atoms with Gasteiger partial charge in [0.1, 0.15) is 11.5 Å². The summed E-state index contributed by atoms with van der Waals surface area (Å²) in [5.41, 5.74) is 1.62. The van der Waals surface area contributed by atoms with Crippen molar-refractivity contribution in [3.05, 3.63) is 76.5 Å². The molecule has 0 spiro atoms. The van der Waals surface area contributed by atoms with E-state index in [1.54, 1.807) is 30.3 Å². The van der Waals surface area contributed by atoms with E-state index in [0.717, 1.165) is 11.3 Å². The van der Waals surface area contributed by atoms with Crippen LogP contribution >= 0.6 is 11.3 Å². The van der Waals surface area contributed by atoms with Crippen molar-refractivity contribution in [2.75, 3.05) is 11.9 Å². The second-order valence-electron chi connectivity index (χ2n) is 5.97. The summed E-state index contributed by atoms with van der Waals surface area (Å²) in [6.45, 7) is 2.51. The lowest BCUT2D eigenvalue weighted by Crippen LogP contribution is -2.11. The first-order chi connectivity index (χ1) is 13.7. The summed E-state index contributed by atoms with van der Waals surface area (Å²) in [7, 11) is 0. The summed E-state index contributed by atoms with van der Waals surface area (Å²) in [5.74, 6) is 0.759. The molecular formula is C22H21NO4S. The zero-order chi connectivity index (χ0) is 19.8. The minimum absolute atomic E-state index is 0.160. The Bertz CT molecular complexity index is 920. The first kappa shape index (κ1) is 19.6. The van der Waals surface area contributed by atoms with Gasteiger partial charge in [-0.3, -0.25) is 9.59 Å². The third-order valence-corrected chi connectivity index (χ3v) is 4.83. The quantitative estimate of drug-likeness (QED) is 0.433. The SMILES string of the molecule is CCOc1ccccc1CCC(=O)Oc1ccc(NC(=O)c2cccs2)cc1. The first-order valence-corrected chi connectivity index (χ1v) is 9.90. The molecule has 6 heteroatoms.